The number of hydrogen-bond donors (Lipinski definition) is 2. The quantitative estimate of drug-likeness (QED) is 0.225. The predicted molar refractivity (Wildman–Crippen MR) is 97.5 cm³/mol. The minimum absolute atomic E-state index is 0. The molecule has 0 amide bonds. The van der Waals surface area contributed by atoms with Gasteiger partial charge in [0.25, 0.3) is 0 Å². The molecule has 0 atom stereocenters. The Labute approximate surface area is 143 Å². The molecule has 0 bridgehead atoms. The van der Waals surface area contributed by atoms with E-state index in [0.29, 0.717) is 12.7 Å². The van der Waals surface area contributed by atoms with Gasteiger partial charge in [0.15, 0.2) is 5.78 Å². The number of rotatable bonds is 15. The summed E-state index contributed by atoms with van der Waals surface area (Å²) in [5, 5.41) is 8.60. The molecule has 3 N–H and O–H groups in total. The number of halogens is 1. The van der Waals surface area contributed by atoms with Gasteiger partial charge in [-0.25, -0.2) is 0 Å². The Morgan fingerprint density at radius 2 is 1.18 bits per heavy atom. The van der Waals surface area contributed by atoms with Gasteiger partial charge in [-0.15, -0.1) is 12.4 Å². The fourth-order valence-corrected chi connectivity index (χ4v) is 2.52. The van der Waals surface area contributed by atoms with Crippen LogP contribution in [-0.2, 0) is 4.79 Å². The number of unbranched alkanes of at least 4 members (excludes halogenated alkanes) is 12. The van der Waals surface area contributed by atoms with Crippen LogP contribution in [0.2, 0.25) is 0 Å². The molecule has 0 aromatic heterocycles. The van der Waals surface area contributed by atoms with Crippen molar-refractivity contribution in [1.82, 2.24) is 0 Å². The maximum Gasteiger partial charge on any atom is 0.181 e. The van der Waals surface area contributed by atoms with Crippen molar-refractivity contribution in [2.45, 2.75) is 96.8 Å². The van der Waals surface area contributed by atoms with E-state index >= 15 is 0 Å². The van der Waals surface area contributed by atoms with Crippen LogP contribution in [0.1, 0.15) is 96.8 Å². The van der Waals surface area contributed by atoms with Gasteiger partial charge in [0.05, 0.1) is 0 Å². The van der Waals surface area contributed by atoms with E-state index in [-0.39, 0.29) is 23.9 Å². The lowest BCUT2D eigenvalue weighted by atomic mass is 10.0. The molecule has 0 radical (unpaired) electrons. The number of carbonyl (C=O) groups is 1. The zero-order valence-corrected chi connectivity index (χ0v) is 15.1. The molecule has 0 unspecified atom stereocenters. The fourth-order valence-electron chi connectivity index (χ4n) is 2.52. The van der Waals surface area contributed by atoms with Crippen LogP contribution >= 0.6 is 12.4 Å². The van der Waals surface area contributed by atoms with Crippen molar-refractivity contribution in [1.29, 1.82) is 0 Å². The van der Waals surface area contributed by atoms with E-state index in [9.17, 15) is 4.79 Å². The lowest BCUT2D eigenvalue weighted by molar-refractivity contribution is -0.115. The molecule has 0 aliphatic carbocycles. The number of aliphatic hydroxyl groups excluding tert-OH is 1. The smallest absolute Gasteiger partial charge is 0.181 e. The normalized spacial score (nSPS) is 11.2. The topological polar surface area (TPSA) is 63.3 Å². The first-order valence-electron chi connectivity index (χ1n) is 8.85. The van der Waals surface area contributed by atoms with E-state index in [0.717, 1.165) is 12.8 Å². The number of Topliss-reactive ketones (excluding diaryl/α,β-unsaturated/α-hetero) is 1. The Kier molecular flexibility index (Phi) is 19.7. The second kappa shape index (κ2) is 18.3. The lowest BCUT2D eigenvalue weighted by Crippen LogP contribution is -2.10. The largest absolute Gasteiger partial charge is 0.513 e. The molecule has 0 saturated heterocycles. The summed E-state index contributed by atoms with van der Waals surface area (Å²) in [7, 11) is 0. The van der Waals surface area contributed by atoms with E-state index in [1.54, 1.807) is 0 Å². The van der Waals surface area contributed by atoms with Gasteiger partial charge in [-0.1, -0.05) is 84.0 Å². The van der Waals surface area contributed by atoms with Crippen LogP contribution < -0.4 is 5.73 Å². The highest BCUT2D eigenvalue weighted by atomic mass is 35.5. The standard InChI is InChI=1S/C18H35NO2.ClH/c1-2-3-4-5-6-7-8-9-10-11-12-13-14-15-18(21)17(19)16-20;/h16,20H,2-15,19H2,1H3;1H. The summed E-state index contributed by atoms with van der Waals surface area (Å²) in [5.74, 6) is -0.138. The second-order valence-corrected chi connectivity index (χ2v) is 6.00. The molecule has 0 aliphatic rings. The molecule has 0 fully saturated rings. The Morgan fingerprint density at radius 1 is 0.818 bits per heavy atom. The summed E-state index contributed by atoms with van der Waals surface area (Å²) in [6, 6.07) is 0. The Balaban J connectivity index is 0. The molecule has 0 saturated carbocycles. The first kappa shape index (κ1) is 23.6. The van der Waals surface area contributed by atoms with Crippen molar-refractivity contribution in [2.75, 3.05) is 0 Å². The molecule has 0 spiro atoms. The summed E-state index contributed by atoms with van der Waals surface area (Å²) in [4.78, 5) is 11.3. The molecule has 0 aromatic carbocycles. The summed E-state index contributed by atoms with van der Waals surface area (Å²) in [6.45, 7) is 2.26. The average Bonchev–Trinajstić information content (AvgIpc) is 2.50. The summed E-state index contributed by atoms with van der Waals surface area (Å²) in [6.07, 6.45) is 18.0. The van der Waals surface area contributed by atoms with Crippen molar-refractivity contribution in [3.8, 4) is 0 Å². The van der Waals surface area contributed by atoms with Crippen LogP contribution in [0.3, 0.4) is 0 Å². The van der Waals surface area contributed by atoms with Crippen molar-refractivity contribution in [3.05, 3.63) is 12.0 Å². The Morgan fingerprint density at radius 3 is 1.55 bits per heavy atom. The van der Waals surface area contributed by atoms with Crippen LogP contribution in [0.4, 0.5) is 0 Å². The van der Waals surface area contributed by atoms with Gasteiger partial charge in [0.1, 0.15) is 12.0 Å². The highest BCUT2D eigenvalue weighted by Crippen LogP contribution is 2.13. The number of aliphatic hydroxyl groups is 1. The number of ketones is 1. The molecule has 0 rings (SSSR count). The predicted octanol–water partition coefficient (Wildman–Crippen LogP) is 5.82. The molecule has 0 aliphatic heterocycles. The molecule has 0 aromatic rings. The average molecular weight is 334 g/mol. The summed E-state index contributed by atoms with van der Waals surface area (Å²) < 4.78 is 0. The summed E-state index contributed by atoms with van der Waals surface area (Å²) in [5.41, 5.74) is 5.31. The fraction of sp³-hybridized carbons (Fsp3) is 0.833. The van der Waals surface area contributed by atoms with Crippen molar-refractivity contribution in [2.24, 2.45) is 5.73 Å². The molecule has 132 valence electrons. The van der Waals surface area contributed by atoms with Gasteiger partial charge in [0, 0.05) is 6.42 Å². The van der Waals surface area contributed by atoms with Crippen LogP contribution in [-0.4, -0.2) is 10.9 Å². The Hall–Kier alpha value is -0.700. The number of nitrogens with two attached hydrogens (primary N) is 1. The van der Waals surface area contributed by atoms with Crippen LogP contribution in [0.25, 0.3) is 0 Å². The third-order valence-electron chi connectivity index (χ3n) is 3.97. The van der Waals surface area contributed by atoms with E-state index < -0.39 is 0 Å². The van der Waals surface area contributed by atoms with Crippen LogP contribution in [0, 0.1) is 0 Å². The third kappa shape index (κ3) is 15.7. The summed E-state index contributed by atoms with van der Waals surface area (Å²) >= 11 is 0. The minimum atomic E-state index is -0.138. The van der Waals surface area contributed by atoms with Crippen LogP contribution in [0.5, 0.6) is 0 Å². The second-order valence-electron chi connectivity index (χ2n) is 6.00. The van der Waals surface area contributed by atoms with Gasteiger partial charge in [-0.3, -0.25) is 4.79 Å². The van der Waals surface area contributed by atoms with Gasteiger partial charge >= 0.3 is 0 Å². The third-order valence-corrected chi connectivity index (χ3v) is 3.97. The van der Waals surface area contributed by atoms with E-state index in [1.807, 2.05) is 0 Å². The van der Waals surface area contributed by atoms with Crippen molar-refractivity contribution < 1.29 is 9.90 Å². The number of allylic oxidation sites excluding steroid dienone is 1. The zero-order valence-electron chi connectivity index (χ0n) is 14.3. The highest BCUT2D eigenvalue weighted by molar-refractivity contribution is 5.93. The highest BCUT2D eigenvalue weighted by Gasteiger charge is 2.04. The molecule has 3 nitrogen and oxygen atoms in total. The minimum Gasteiger partial charge on any atom is -0.513 e. The van der Waals surface area contributed by atoms with Crippen molar-refractivity contribution >= 4 is 18.2 Å². The van der Waals surface area contributed by atoms with Gasteiger partial charge in [-0.05, 0) is 6.42 Å². The molecular formula is C18H36ClNO2. The maximum atomic E-state index is 11.3. The lowest BCUT2D eigenvalue weighted by Gasteiger charge is -2.03. The van der Waals surface area contributed by atoms with E-state index in [1.165, 1.54) is 70.6 Å². The van der Waals surface area contributed by atoms with Crippen molar-refractivity contribution in [3.63, 3.8) is 0 Å². The first-order chi connectivity index (χ1) is 10.2. The first-order valence-corrected chi connectivity index (χ1v) is 8.85. The SMILES string of the molecule is CCCCCCCCCCCCCCCC(=O)C(N)=CO.Cl. The van der Waals surface area contributed by atoms with Crippen LogP contribution in [0.15, 0.2) is 12.0 Å². The van der Waals surface area contributed by atoms with E-state index in [2.05, 4.69) is 6.92 Å². The number of carbonyl (C=O) groups excluding carboxylic acids is 1. The number of hydrogen-bond acceptors (Lipinski definition) is 3. The monoisotopic (exact) mass is 333 g/mol. The van der Waals surface area contributed by atoms with Gasteiger partial charge in [-0.2, -0.15) is 0 Å². The molecule has 22 heavy (non-hydrogen) atoms. The molecule has 0 heterocycles. The van der Waals surface area contributed by atoms with Gasteiger partial charge < -0.3 is 10.8 Å². The van der Waals surface area contributed by atoms with Gasteiger partial charge in [0.2, 0.25) is 0 Å². The molecule has 4 heteroatoms. The Bertz CT molecular complexity index is 280. The van der Waals surface area contributed by atoms with E-state index in [4.69, 9.17) is 10.8 Å². The molecular weight excluding hydrogens is 298 g/mol. The maximum absolute atomic E-state index is 11.3. The zero-order chi connectivity index (χ0) is 15.8.